The lowest BCUT2D eigenvalue weighted by Gasteiger charge is -2.21. The fraction of sp³-hybridized carbons (Fsp3) is 0.333. The van der Waals surface area contributed by atoms with Gasteiger partial charge in [0.25, 0.3) is 11.2 Å². The summed E-state index contributed by atoms with van der Waals surface area (Å²) in [6.45, 7) is 6.63. The molecule has 1 aliphatic carbocycles. The topological polar surface area (TPSA) is 104 Å². The predicted molar refractivity (Wildman–Crippen MR) is 125 cm³/mol. The Morgan fingerprint density at radius 3 is 2.18 bits per heavy atom. The number of carbonyl (C=O) groups is 1. The number of pyridine rings is 1. The molecular weight excluding hydrogens is 426 g/mol. The van der Waals surface area contributed by atoms with Crippen LogP contribution in [0.2, 0.25) is 0 Å². The third-order valence-corrected chi connectivity index (χ3v) is 6.25. The Morgan fingerprint density at radius 2 is 1.61 bits per heavy atom. The van der Waals surface area contributed by atoms with Crippen molar-refractivity contribution in [3.8, 4) is 22.8 Å². The number of rotatable bonds is 8. The standard InChI is InChI=1S/C24H25N3O6/c1-5-25(6-2)9-10-26-22-17-11-14(27(30)31)7-8-15(17)23(28)21(22)16-12-19(32-3)20(33-4)13-18(16)24(26)29/h7-8,11-13H,5-6,9-10H2,1-4H3. The molecule has 0 bridgehead atoms. The number of non-ortho nitro benzene ring substituents is 1. The molecule has 0 amide bonds. The molecule has 0 unspecified atom stereocenters. The zero-order valence-corrected chi connectivity index (χ0v) is 19.0. The molecule has 0 aliphatic heterocycles. The number of likely N-dealkylation sites (N-methyl/N-ethyl adjacent to an activating group) is 1. The number of ketones is 1. The molecule has 9 nitrogen and oxygen atoms in total. The minimum Gasteiger partial charge on any atom is -0.493 e. The summed E-state index contributed by atoms with van der Waals surface area (Å²) in [7, 11) is 2.96. The first-order valence-electron chi connectivity index (χ1n) is 10.7. The molecule has 33 heavy (non-hydrogen) atoms. The number of fused-ring (bicyclic) bond motifs is 5. The van der Waals surface area contributed by atoms with E-state index in [1.165, 1.54) is 32.4 Å². The summed E-state index contributed by atoms with van der Waals surface area (Å²) < 4.78 is 12.3. The number of benzene rings is 2. The van der Waals surface area contributed by atoms with E-state index in [0.717, 1.165) is 13.1 Å². The van der Waals surface area contributed by atoms with E-state index in [1.54, 1.807) is 16.7 Å². The first-order chi connectivity index (χ1) is 15.9. The van der Waals surface area contributed by atoms with Gasteiger partial charge in [-0.05, 0) is 31.3 Å². The molecule has 1 heterocycles. The van der Waals surface area contributed by atoms with Crippen molar-refractivity contribution in [1.82, 2.24) is 9.47 Å². The van der Waals surface area contributed by atoms with Crippen LogP contribution in [0.25, 0.3) is 22.0 Å². The van der Waals surface area contributed by atoms with Gasteiger partial charge in [-0.2, -0.15) is 0 Å². The zero-order chi connectivity index (χ0) is 23.9. The molecule has 4 rings (SSSR count). The fourth-order valence-electron chi connectivity index (χ4n) is 4.45. The summed E-state index contributed by atoms with van der Waals surface area (Å²) in [5.41, 5.74) is 1.08. The Balaban J connectivity index is 2.08. The largest absolute Gasteiger partial charge is 0.493 e. The van der Waals surface area contributed by atoms with Crippen molar-refractivity contribution in [2.75, 3.05) is 33.9 Å². The first-order valence-corrected chi connectivity index (χ1v) is 10.7. The van der Waals surface area contributed by atoms with Crippen LogP contribution in [0.1, 0.15) is 29.8 Å². The maximum atomic E-state index is 13.7. The number of hydrogen-bond acceptors (Lipinski definition) is 7. The van der Waals surface area contributed by atoms with Crippen LogP contribution in [0.4, 0.5) is 5.69 Å². The lowest BCUT2D eigenvalue weighted by atomic mass is 10.0. The van der Waals surface area contributed by atoms with Crippen LogP contribution in [0.3, 0.4) is 0 Å². The van der Waals surface area contributed by atoms with Crippen LogP contribution in [0, 0.1) is 10.1 Å². The van der Waals surface area contributed by atoms with Crippen molar-refractivity contribution >= 4 is 22.2 Å². The van der Waals surface area contributed by atoms with Crippen LogP contribution < -0.4 is 15.0 Å². The zero-order valence-electron chi connectivity index (χ0n) is 19.0. The second-order valence-electron chi connectivity index (χ2n) is 7.78. The number of carbonyl (C=O) groups excluding carboxylic acids is 1. The lowest BCUT2D eigenvalue weighted by Crippen LogP contribution is -2.32. The van der Waals surface area contributed by atoms with Crippen molar-refractivity contribution in [3.63, 3.8) is 0 Å². The lowest BCUT2D eigenvalue weighted by molar-refractivity contribution is -0.384. The number of nitrogens with zero attached hydrogens (tertiary/aromatic N) is 3. The Hall–Kier alpha value is -3.72. The first kappa shape index (κ1) is 22.5. The number of methoxy groups -OCH3 is 2. The van der Waals surface area contributed by atoms with Gasteiger partial charge in [-0.1, -0.05) is 13.8 Å². The number of aromatic nitrogens is 1. The maximum absolute atomic E-state index is 13.7. The Morgan fingerprint density at radius 1 is 0.970 bits per heavy atom. The molecule has 3 aromatic rings. The van der Waals surface area contributed by atoms with Gasteiger partial charge in [-0.15, -0.1) is 0 Å². The van der Waals surface area contributed by atoms with Crippen molar-refractivity contribution in [2.45, 2.75) is 20.4 Å². The molecule has 0 saturated heterocycles. The summed E-state index contributed by atoms with van der Waals surface area (Å²) >= 11 is 0. The predicted octanol–water partition coefficient (Wildman–Crippen LogP) is 3.48. The van der Waals surface area contributed by atoms with E-state index < -0.39 is 4.92 Å². The molecule has 0 N–H and O–H groups in total. The highest BCUT2D eigenvalue weighted by Crippen LogP contribution is 2.43. The van der Waals surface area contributed by atoms with Gasteiger partial charge in [-0.25, -0.2) is 0 Å². The number of nitro groups is 1. The highest BCUT2D eigenvalue weighted by molar-refractivity contribution is 6.27. The summed E-state index contributed by atoms with van der Waals surface area (Å²) in [4.78, 5) is 40.3. The molecule has 9 heteroatoms. The van der Waals surface area contributed by atoms with Crippen LogP contribution in [-0.2, 0) is 6.54 Å². The second-order valence-corrected chi connectivity index (χ2v) is 7.78. The molecule has 0 atom stereocenters. The Kier molecular flexibility index (Phi) is 5.90. The minimum atomic E-state index is -0.504. The molecule has 2 aromatic carbocycles. The van der Waals surface area contributed by atoms with E-state index in [9.17, 15) is 19.7 Å². The van der Waals surface area contributed by atoms with Gasteiger partial charge in [0.05, 0.1) is 35.8 Å². The van der Waals surface area contributed by atoms with E-state index in [4.69, 9.17) is 9.47 Å². The van der Waals surface area contributed by atoms with Gasteiger partial charge < -0.3 is 18.9 Å². The normalized spacial score (nSPS) is 12.2. The highest BCUT2D eigenvalue weighted by atomic mass is 16.6. The van der Waals surface area contributed by atoms with Crippen molar-refractivity contribution in [2.24, 2.45) is 0 Å². The van der Waals surface area contributed by atoms with E-state index in [-0.39, 0.29) is 17.0 Å². The summed E-state index contributed by atoms with van der Waals surface area (Å²) in [6.07, 6.45) is 0. The minimum absolute atomic E-state index is 0.135. The Bertz CT molecular complexity index is 1340. The number of nitro benzene ring substituents is 1. The highest BCUT2D eigenvalue weighted by Gasteiger charge is 2.34. The van der Waals surface area contributed by atoms with Gasteiger partial charge in [0.15, 0.2) is 17.3 Å². The molecule has 172 valence electrons. The van der Waals surface area contributed by atoms with Crippen LogP contribution in [0.15, 0.2) is 35.1 Å². The van der Waals surface area contributed by atoms with Gasteiger partial charge in [0.1, 0.15) is 0 Å². The Labute approximate surface area is 190 Å². The average Bonchev–Trinajstić information content (AvgIpc) is 3.12. The van der Waals surface area contributed by atoms with Crippen molar-refractivity contribution < 1.29 is 19.2 Å². The van der Waals surface area contributed by atoms with Crippen molar-refractivity contribution in [1.29, 1.82) is 0 Å². The third kappa shape index (κ3) is 3.54. The van der Waals surface area contributed by atoms with Gasteiger partial charge in [0, 0.05) is 41.7 Å². The van der Waals surface area contributed by atoms with Gasteiger partial charge in [0.2, 0.25) is 0 Å². The fourth-order valence-corrected chi connectivity index (χ4v) is 4.45. The molecular formula is C24H25N3O6. The van der Waals surface area contributed by atoms with Crippen molar-refractivity contribution in [3.05, 3.63) is 61.9 Å². The molecule has 0 radical (unpaired) electrons. The second kappa shape index (κ2) is 8.67. The third-order valence-electron chi connectivity index (χ3n) is 6.25. The van der Waals surface area contributed by atoms with Crippen LogP contribution in [-0.4, -0.2) is 54.0 Å². The van der Waals surface area contributed by atoms with E-state index in [0.29, 0.717) is 57.7 Å². The molecule has 0 fully saturated rings. The number of hydrogen-bond donors (Lipinski definition) is 0. The van der Waals surface area contributed by atoms with E-state index >= 15 is 0 Å². The quantitative estimate of drug-likeness (QED) is 0.298. The maximum Gasteiger partial charge on any atom is 0.270 e. The molecule has 1 aromatic heterocycles. The van der Waals surface area contributed by atoms with Crippen LogP contribution >= 0.6 is 0 Å². The van der Waals surface area contributed by atoms with E-state index in [1.807, 2.05) is 13.8 Å². The summed E-state index contributed by atoms with van der Waals surface area (Å²) in [5, 5.41) is 12.2. The number of ether oxygens (including phenoxy) is 2. The summed E-state index contributed by atoms with van der Waals surface area (Å²) in [6, 6.07) is 7.36. The SMILES string of the molecule is CCN(CC)CCn1c2c(c3cc(OC)c(OC)cc3c1=O)C(=O)c1ccc([N+](=O)[O-])cc1-2. The van der Waals surface area contributed by atoms with E-state index in [2.05, 4.69) is 4.90 Å². The smallest absolute Gasteiger partial charge is 0.270 e. The van der Waals surface area contributed by atoms with Gasteiger partial charge in [-0.3, -0.25) is 19.7 Å². The molecule has 1 aliphatic rings. The van der Waals surface area contributed by atoms with Gasteiger partial charge >= 0.3 is 0 Å². The molecule has 0 saturated carbocycles. The monoisotopic (exact) mass is 451 g/mol. The van der Waals surface area contributed by atoms with Crippen LogP contribution in [0.5, 0.6) is 11.5 Å². The summed E-state index contributed by atoms with van der Waals surface area (Å²) in [5.74, 6) is 0.502. The average molecular weight is 451 g/mol. The molecule has 0 spiro atoms.